The molecule has 0 heterocycles. The molecule has 0 aromatic heterocycles. The van der Waals surface area contributed by atoms with Crippen molar-refractivity contribution in [3.05, 3.63) is 60.2 Å². The van der Waals surface area contributed by atoms with Gasteiger partial charge in [0.1, 0.15) is 0 Å². The van der Waals surface area contributed by atoms with Gasteiger partial charge in [-0.1, -0.05) is 48.0 Å². The first-order valence-corrected chi connectivity index (χ1v) is 7.33. The van der Waals surface area contributed by atoms with E-state index in [0.29, 0.717) is 0 Å². The highest BCUT2D eigenvalue weighted by atomic mass is 28.3. The van der Waals surface area contributed by atoms with Crippen molar-refractivity contribution < 1.29 is 4.43 Å². The van der Waals surface area contributed by atoms with Gasteiger partial charge in [-0.25, -0.2) is 0 Å². The quantitative estimate of drug-likeness (QED) is 0.831. The Morgan fingerprint density at radius 3 is 2.18 bits per heavy atom. The van der Waals surface area contributed by atoms with E-state index in [2.05, 4.69) is 48.3 Å². The first-order valence-electron chi connectivity index (χ1n) is 5.70. The molecule has 0 amide bonds. The lowest BCUT2D eigenvalue weighted by Crippen LogP contribution is -2.40. The van der Waals surface area contributed by atoms with Crippen LogP contribution in [-0.2, 0) is 4.43 Å². The second-order valence-electron chi connectivity index (χ2n) is 4.04. The molecule has 0 spiro atoms. The van der Waals surface area contributed by atoms with Crippen LogP contribution >= 0.6 is 0 Å². The number of rotatable bonds is 4. The summed E-state index contributed by atoms with van der Waals surface area (Å²) in [7, 11) is 0.202. The summed E-state index contributed by atoms with van der Waals surface area (Å²) in [5, 5.41) is 1.27. The van der Waals surface area contributed by atoms with E-state index in [0.717, 1.165) is 5.69 Å². The summed E-state index contributed by atoms with van der Waals surface area (Å²) < 4.78 is 5.61. The van der Waals surface area contributed by atoms with E-state index in [1.165, 1.54) is 10.8 Å². The number of hydrogen-bond donors (Lipinski definition) is 1. The van der Waals surface area contributed by atoms with Gasteiger partial charge in [0.25, 0.3) is 0 Å². The second-order valence-corrected chi connectivity index (χ2v) is 6.22. The third-order valence-corrected chi connectivity index (χ3v) is 4.74. The van der Waals surface area contributed by atoms with Crippen LogP contribution in [0.2, 0.25) is 0 Å². The van der Waals surface area contributed by atoms with E-state index >= 15 is 0 Å². The topological polar surface area (TPSA) is 21.3 Å². The van der Waals surface area contributed by atoms with Crippen LogP contribution in [-0.4, -0.2) is 16.3 Å². The van der Waals surface area contributed by atoms with Crippen LogP contribution in [0, 0.1) is 6.92 Å². The number of para-hydroxylation sites is 1. The Balaban J connectivity index is 2.14. The molecule has 2 aromatic rings. The van der Waals surface area contributed by atoms with Crippen molar-refractivity contribution in [3.63, 3.8) is 0 Å². The zero-order valence-corrected chi connectivity index (χ0v) is 11.3. The number of anilines is 1. The molecule has 1 atom stereocenters. The Labute approximate surface area is 104 Å². The second kappa shape index (κ2) is 5.66. The molecule has 0 aliphatic carbocycles. The van der Waals surface area contributed by atoms with Crippen molar-refractivity contribution in [1.29, 1.82) is 0 Å². The number of nitrogens with one attached hydrogen (secondary N) is 1. The maximum absolute atomic E-state index is 5.61. The van der Waals surface area contributed by atoms with Gasteiger partial charge < -0.3 is 9.41 Å². The fraction of sp³-hybridized carbons (Fsp3) is 0.143. The molecule has 0 aliphatic rings. The van der Waals surface area contributed by atoms with Crippen LogP contribution in [0.25, 0.3) is 0 Å². The van der Waals surface area contributed by atoms with Gasteiger partial charge >= 0.3 is 9.20 Å². The molecule has 0 saturated carbocycles. The van der Waals surface area contributed by atoms with Gasteiger partial charge in [-0.3, -0.25) is 0 Å². The molecule has 0 radical (unpaired) electrons. The van der Waals surface area contributed by atoms with Gasteiger partial charge in [-0.15, -0.1) is 0 Å². The Morgan fingerprint density at radius 2 is 1.59 bits per heavy atom. The van der Waals surface area contributed by atoms with E-state index < -0.39 is 9.20 Å². The fourth-order valence-corrected chi connectivity index (χ4v) is 3.30. The van der Waals surface area contributed by atoms with E-state index in [-0.39, 0.29) is 0 Å². The fourth-order valence-electron chi connectivity index (χ4n) is 1.71. The zero-order chi connectivity index (χ0) is 12.1. The molecule has 0 aliphatic heterocycles. The van der Waals surface area contributed by atoms with Gasteiger partial charge in [-0.05, 0) is 24.2 Å². The minimum atomic E-state index is -1.57. The average Bonchev–Trinajstić information content (AvgIpc) is 2.38. The van der Waals surface area contributed by atoms with E-state index in [9.17, 15) is 0 Å². The lowest BCUT2D eigenvalue weighted by molar-refractivity contribution is 0.434. The van der Waals surface area contributed by atoms with Gasteiger partial charge in [0.05, 0.1) is 0 Å². The van der Waals surface area contributed by atoms with Crippen LogP contribution in [0.5, 0.6) is 0 Å². The summed E-state index contributed by atoms with van der Waals surface area (Å²) in [6.45, 7) is 2.10. The minimum Gasteiger partial charge on any atom is -0.401 e. The highest BCUT2D eigenvalue weighted by Crippen LogP contribution is 2.06. The summed E-state index contributed by atoms with van der Waals surface area (Å²) in [4.78, 5) is 3.48. The molecular formula is C14H17NOSi. The highest BCUT2D eigenvalue weighted by molar-refractivity contribution is 6.70. The Kier molecular flexibility index (Phi) is 3.96. The molecule has 1 N–H and O–H groups in total. The number of aryl methyl sites for hydroxylation is 1. The van der Waals surface area contributed by atoms with Crippen molar-refractivity contribution in [2.24, 2.45) is 0 Å². The normalized spacial score (nSPS) is 12.1. The van der Waals surface area contributed by atoms with Crippen molar-refractivity contribution >= 4 is 20.1 Å². The molecular weight excluding hydrogens is 226 g/mol. The van der Waals surface area contributed by atoms with E-state index in [4.69, 9.17) is 4.43 Å². The predicted molar refractivity (Wildman–Crippen MR) is 75.0 cm³/mol. The third-order valence-electron chi connectivity index (χ3n) is 2.69. The van der Waals surface area contributed by atoms with E-state index in [1.54, 1.807) is 7.11 Å². The highest BCUT2D eigenvalue weighted by Gasteiger charge is 2.13. The van der Waals surface area contributed by atoms with Crippen LogP contribution in [0.4, 0.5) is 5.69 Å². The maximum atomic E-state index is 5.61. The van der Waals surface area contributed by atoms with Gasteiger partial charge in [0.2, 0.25) is 0 Å². The number of benzene rings is 2. The molecule has 0 bridgehead atoms. The monoisotopic (exact) mass is 243 g/mol. The van der Waals surface area contributed by atoms with Crippen molar-refractivity contribution in [2.75, 3.05) is 12.1 Å². The third kappa shape index (κ3) is 3.19. The molecule has 0 saturated heterocycles. The molecule has 3 heteroatoms. The first-order chi connectivity index (χ1) is 8.29. The predicted octanol–water partition coefficient (Wildman–Crippen LogP) is 2.18. The standard InChI is InChI=1S/C14H17NOSi/c1-12-8-10-14(11-9-12)17(16-2)15-13-6-4-3-5-7-13/h3-11,15,17H,1-2H3. The van der Waals surface area contributed by atoms with Crippen molar-refractivity contribution in [1.82, 2.24) is 0 Å². The SMILES string of the molecule is CO[SiH](Nc1ccccc1)c1ccc(C)cc1. The first kappa shape index (κ1) is 11.9. The molecule has 2 rings (SSSR count). The molecule has 88 valence electrons. The van der Waals surface area contributed by atoms with Crippen LogP contribution < -0.4 is 10.2 Å². The maximum Gasteiger partial charge on any atom is 0.315 e. The summed E-state index contributed by atoms with van der Waals surface area (Å²) in [6, 6.07) is 18.7. The summed E-state index contributed by atoms with van der Waals surface area (Å²) >= 11 is 0. The minimum absolute atomic E-state index is 1.12. The Morgan fingerprint density at radius 1 is 0.941 bits per heavy atom. The summed E-state index contributed by atoms with van der Waals surface area (Å²) in [5.41, 5.74) is 2.39. The summed E-state index contributed by atoms with van der Waals surface area (Å²) in [5.74, 6) is 0. The van der Waals surface area contributed by atoms with E-state index in [1.807, 2.05) is 18.2 Å². The van der Waals surface area contributed by atoms with Gasteiger partial charge in [0.15, 0.2) is 0 Å². The molecule has 0 fully saturated rings. The van der Waals surface area contributed by atoms with Gasteiger partial charge in [0, 0.05) is 12.8 Å². The van der Waals surface area contributed by atoms with Gasteiger partial charge in [-0.2, -0.15) is 0 Å². The summed E-state index contributed by atoms with van der Waals surface area (Å²) in [6.07, 6.45) is 0. The molecule has 17 heavy (non-hydrogen) atoms. The lowest BCUT2D eigenvalue weighted by Gasteiger charge is -2.16. The van der Waals surface area contributed by atoms with Crippen LogP contribution in [0.3, 0.4) is 0 Å². The van der Waals surface area contributed by atoms with Crippen molar-refractivity contribution in [2.45, 2.75) is 6.92 Å². The molecule has 1 unspecified atom stereocenters. The molecule has 2 nitrogen and oxygen atoms in total. The lowest BCUT2D eigenvalue weighted by atomic mass is 10.2. The Bertz CT molecular complexity index is 455. The zero-order valence-electron chi connectivity index (χ0n) is 10.2. The number of hydrogen-bond acceptors (Lipinski definition) is 2. The smallest absolute Gasteiger partial charge is 0.315 e. The average molecular weight is 243 g/mol. The molecule has 2 aromatic carbocycles. The largest absolute Gasteiger partial charge is 0.401 e. The van der Waals surface area contributed by atoms with Crippen LogP contribution in [0.1, 0.15) is 5.56 Å². The Hall–Kier alpha value is -1.58. The van der Waals surface area contributed by atoms with Crippen LogP contribution in [0.15, 0.2) is 54.6 Å². The van der Waals surface area contributed by atoms with Crippen molar-refractivity contribution in [3.8, 4) is 0 Å².